The van der Waals surface area contributed by atoms with Gasteiger partial charge in [-0.15, -0.1) is 0 Å². The van der Waals surface area contributed by atoms with E-state index in [0.717, 1.165) is 19.1 Å². The lowest BCUT2D eigenvalue weighted by atomic mass is 10.2. The summed E-state index contributed by atoms with van der Waals surface area (Å²) < 4.78 is 35.8. The maximum atomic E-state index is 12.1. The first-order valence-corrected chi connectivity index (χ1v) is 9.19. The van der Waals surface area contributed by atoms with Gasteiger partial charge in [-0.05, 0) is 25.0 Å². The van der Waals surface area contributed by atoms with Crippen molar-refractivity contribution in [1.29, 1.82) is 0 Å². The Morgan fingerprint density at radius 3 is 2.52 bits per heavy atom. The van der Waals surface area contributed by atoms with Crippen molar-refractivity contribution < 1.29 is 22.7 Å². The highest BCUT2D eigenvalue weighted by Gasteiger charge is 2.25. The predicted octanol–water partition coefficient (Wildman–Crippen LogP) is 1.14. The molecule has 1 aliphatic rings. The van der Waals surface area contributed by atoms with Crippen molar-refractivity contribution in [2.45, 2.75) is 25.3 Å². The van der Waals surface area contributed by atoms with Gasteiger partial charge in [0.25, 0.3) is 0 Å². The molecule has 0 bridgehead atoms. The second kappa shape index (κ2) is 7.08. The third-order valence-corrected chi connectivity index (χ3v) is 4.72. The second-order valence-corrected chi connectivity index (χ2v) is 7.37. The highest BCUT2D eigenvalue weighted by Crippen LogP contribution is 2.33. The van der Waals surface area contributed by atoms with Crippen LogP contribution in [-0.4, -0.2) is 47.4 Å². The highest BCUT2D eigenvalue weighted by molar-refractivity contribution is 7.92. The Morgan fingerprint density at radius 1 is 1.30 bits per heavy atom. The summed E-state index contributed by atoms with van der Waals surface area (Å²) in [5, 5.41) is 2.85. The first-order chi connectivity index (χ1) is 10.8. The van der Waals surface area contributed by atoms with Gasteiger partial charge < -0.3 is 14.8 Å². The number of hydrogen-bond acceptors (Lipinski definition) is 5. The fraction of sp³-hybridized carbons (Fsp3) is 0.533. The van der Waals surface area contributed by atoms with Crippen LogP contribution in [0.2, 0.25) is 0 Å². The van der Waals surface area contributed by atoms with Crippen LogP contribution in [-0.2, 0) is 14.8 Å². The van der Waals surface area contributed by atoms with E-state index < -0.39 is 10.0 Å². The van der Waals surface area contributed by atoms with Gasteiger partial charge in [-0.1, -0.05) is 0 Å². The van der Waals surface area contributed by atoms with Crippen LogP contribution in [0.5, 0.6) is 11.5 Å². The molecule has 23 heavy (non-hydrogen) atoms. The molecule has 1 saturated carbocycles. The molecule has 0 aliphatic heterocycles. The molecule has 8 heteroatoms. The van der Waals surface area contributed by atoms with Crippen LogP contribution in [0.1, 0.15) is 19.3 Å². The normalized spacial score (nSPS) is 14.2. The number of ether oxygens (including phenoxy) is 2. The third-order valence-electron chi connectivity index (χ3n) is 3.54. The number of amides is 1. The molecule has 128 valence electrons. The van der Waals surface area contributed by atoms with Crippen molar-refractivity contribution in [3.05, 3.63) is 18.2 Å². The van der Waals surface area contributed by atoms with E-state index >= 15 is 0 Å². The predicted molar refractivity (Wildman–Crippen MR) is 87.5 cm³/mol. The lowest BCUT2D eigenvalue weighted by Crippen LogP contribution is -2.35. The van der Waals surface area contributed by atoms with Crippen LogP contribution in [0, 0.1) is 0 Å². The molecule has 0 unspecified atom stereocenters. The van der Waals surface area contributed by atoms with Crippen molar-refractivity contribution >= 4 is 21.6 Å². The van der Waals surface area contributed by atoms with Crippen LogP contribution in [0.25, 0.3) is 0 Å². The Labute approximate surface area is 136 Å². The van der Waals surface area contributed by atoms with Gasteiger partial charge in [-0.3, -0.25) is 9.10 Å². The standard InChI is InChI=1S/C15H22N2O5S/c1-21-12-6-7-13(14(10-12)22-2)17(23(3,19)20)9-8-15(18)16-11-4-5-11/h6-7,10-11H,4-5,8-9H2,1-3H3,(H,16,18). The van der Waals surface area contributed by atoms with Gasteiger partial charge in [0, 0.05) is 25.1 Å². The molecule has 1 amide bonds. The zero-order valence-corrected chi connectivity index (χ0v) is 14.4. The minimum Gasteiger partial charge on any atom is -0.497 e. The molecular weight excluding hydrogens is 320 g/mol. The number of carbonyl (C=O) groups is 1. The number of rotatable bonds is 8. The number of benzene rings is 1. The summed E-state index contributed by atoms with van der Waals surface area (Å²) in [4.78, 5) is 11.8. The molecule has 1 aromatic carbocycles. The van der Waals surface area contributed by atoms with Crippen LogP contribution >= 0.6 is 0 Å². The van der Waals surface area contributed by atoms with Crippen molar-refractivity contribution in [2.24, 2.45) is 0 Å². The molecule has 1 fully saturated rings. The monoisotopic (exact) mass is 342 g/mol. The van der Waals surface area contributed by atoms with E-state index in [9.17, 15) is 13.2 Å². The lowest BCUT2D eigenvalue weighted by Gasteiger charge is -2.24. The van der Waals surface area contributed by atoms with Crippen molar-refractivity contribution in [3.63, 3.8) is 0 Å². The number of nitrogens with zero attached hydrogens (tertiary/aromatic N) is 1. The molecule has 1 N–H and O–H groups in total. The van der Waals surface area contributed by atoms with Gasteiger partial charge in [-0.25, -0.2) is 8.42 Å². The SMILES string of the molecule is COc1ccc(N(CCC(=O)NC2CC2)S(C)(=O)=O)c(OC)c1. The van der Waals surface area contributed by atoms with Crippen LogP contribution < -0.4 is 19.1 Å². The Balaban J connectivity index is 2.19. The Hall–Kier alpha value is -1.96. The first-order valence-electron chi connectivity index (χ1n) is 7.34. The molecule has 2 rings (SSSR count). The van der Waals surface area contributed by atoms with Crippen LogP contribution in [0.3, 0.4) is 0 Å². The maximum Gasteiger partial charge on any atom is 0.232 e. The minimum absolute atomic E-state index is 0.0556. The molecule has 0 spiro atoms. The summed E-state index contributed by atoms with van der Waals surface area (Å²) in [6, 6.07) is 5.12. The number of carbonyl (C=O) groups excluding carboxylic acids is 1. The Bertz CT molecular complexity index is 670. The largest absolute Gasteiger partial charge is 0.497 e. The zero-order chi connectivity index (χ0) is 17.0. The van der Waals surface area contributed by atoms with Crippen LogP contribution in [0.4, 0.5) is 5.69 Å². The number of anilines is 1. The molecule has 0 saturated heterocycles. The van der Waals surface area contributed by atoms with E-state index in [1.54, 1.807) is 18.2 Å². The van der Waals surface area contributed by atoms with Gasteiger partial charge in [-0.2, -0.15) is 0 Å². The summed E-state index contributed by atoms with van der Waals surface area (Å²) in [6.07, 6.45) is 3.19. The van der Waals surface area contributed by atoms with Gasteiger partial charge in [0.1, 0.15) is 11.5 Å². The Morgan fingerprint density at radius 2 is 2.00 bits per heavy atom. The smallest absolute Gasteiger partial charge is 0.232 e. The number of hydrogen-bond donors (Lipinski definition) is 1. The quantitative estimate of drug-likeness (QED) is 0.766. The van der Waals surface area contributed by atoms with Crippen molar-refractivity contribution in [3.8, 4) is 11.5 Å². The van der Waals surface area contributed by atoms with Crippen LogP contribution in [0.15, 0.2) is 18.2 Å². The fourth-order valence-electron chi connectivity index (χ4n) is 2.19. The fourth-order valence-corrected chi connectivity index (χ4v) is 3.12. The third kappa shape index (κ3) is 4.75. The summed E-state index contributed by atoms with van der Waals surface area (Å²) in [5.41, 5.74) is 0.384. The van der Waals surface area contributed by atoms with E-state index in [1.807, 2.05) is 0 Å². The second-order valence-electron chi connectivity index (χ2n) is 5.46. The van der Waals surface area contributed by atoms with Gasteiger partial charge >= 0.3 is 0 Å². The average molecular weight is 342 g/mol. The van der Waals surface area contributed by atoms with E-state index in [0.29, 0.717) is 17.2 Å². The molecular formula is C15H22N2O5S. The molecule has 0 aromatic heterocycles. The highest BCUT2D eigenvalue weighted by atomic mass is 32.2. The topological polar surface area (TPSA) is 84.9 Å². The summed E-state index contributed by atoms with van der Waals surface area (Å²) in [7, 11) is -0.570. The molecule has 0 heterocycles. The number of methoxy groups -OCH3 is 2. The zero-order valence-electron chi connectivity index (χ0n) is 13.5. The molecule has 1 aromatic rings. The van der Waals surface area contributed by atoms with E-state index in [4.69, 9.17) is 9.47 Å². The molecule has 0 atom stereocenters. The molecule has 0 radical (unpaired) electrons. The molecule has 1 aliphatic carbocycles. The summed E-state index contributed by atoms with van der Waals surface area (Å²) in [6.45, 7) is 0.0556. The van der Waals surface area contributed by atoms with Crippen molar-refractivity contribution in [2.75, 3.05) is 31.3 Å². The van der Waals surface area contributed by atoms with E-state index in [-0.39, 0.29) is 24.9 Å². The van der Waals surface area contributed by atoms with Crippen molar-refractivity contribution in [1.82, 2.24) is 5.32 Å². The average Bonchev–Trinajstić information content (AvgIpc) is 3.30. The van der Waals surface area contributed by atoms with Gasteiger partial charge in [0.2, 0.25) is 15.9 Å². The first kappa shape index (κ1) is 17.4. The van der Waals surface area contributed by atoms with E-state index in [2.05, 4.69) is 5.32 Å². The van der Waals surface area contributed by atoms with Gasteiger partial charge in [0.15, 0.2) is 0 Å². The number of nitrogens with one attached hydrogen (secondary N) is 1. The summed E-state index contributed by atoms with van der Waals surface area (Å²) >= 11 is 0. The lowest BCUT2D eigenvalue weighted by molar-refractivity contribution is -0.121. The van der Waals surface area contributed by atoms with E-state index in [1.165, 1.54) is 18.5 Å². The Kier molecular flexibility index (Phi) is 5.35. The number of sulfonamides is 1. The molecule has 7 nitrogen and oxygen atoms in total. The maximum absolute atomic E-state index is 12.1. The summed E-state index contributed by atoms with van der Waals surface area (Å²) in [5.74, 6) is 0.788. The minimum atomic E-state index is -3.55. The van der Waals surface area contributed by atoms with Gasteiger partial charge in [0.05, 0.1) is 26.2 Å².